The highest BCUT2D eigenvalue weighted by atomic mass is 16.5. The minimum atomic E-state index is 0.246. The molecular weight excluding hydrogens is 342 g/mol. The van der Waals surface area contributed by atoms with Crippen LogP contribution in [0.3, 0.4) is 0 Å². The van der Waals surface area contributed by atoms with Crippen molar-refractivity contribution in [3.05, 3.63) is 60.2 Å². The normalized spacial score (nSPS) is 10.4. The number of aromatic nitrogens is 3. The molecule has 0 radical (unpaired) electrons. The second-order valence-electron chi connectivity index (χ2n) is 6.35. The van der Waals surface area contributed by atoms with Gasteiger partial charge in [-0.05, 0) is 29.8 Å². The number of hydrogen-bond donors (Lipinski definition) is 0. The molecule has 7 heteroatoms. The molecule has 3 rings (SSSR count). The Morgan fingerprint density at radius 2 is 1.26 bits per heavy atom. The highest BCUT2D eigenvalue weighted by molar-refractivity contribution is 5.39. The van der Waals surface area contributed by atoms with Crippen molar-refractivity contribution in [2.24, 2.45) is 0 Å². The molecule has 0 amide bonds. The maximum Gasteiger partial charge on any atom is 0.328 e. The van der Waals surface area contributed by atoms with Crippen molar-refractivity contribution in [2.75, 3.05) is 38.0 Å². The quantitative estimate of drug-likeness (QED) is 0.636. The van der Waals surface area contributed by atoms with Crippen LogP contribution in [0.2, 0.25) is 0 Å². The molecule has 1 aromatic heterocycles. The van der Waals surface area contributed by atoms with Gasteiger partial charge in [0.1, 0.15) is 18.1 Å². The van der Waals surface area contributed by atoms with Gasteiger partial charge in [-0.25, -0.2) is 0 Å². The topological polar surface area (TPSA) is 63.6 Å². The Labute approximate surface area is 159 Å². The number of rotatable bonds is 7. The van der Waals surface area contributed by atoms with Gasteiger partial charge in [-0.1, -0.05) is 30.3 Å². The van der Waals surface area contributed by atoms with Crippen molar-refractivity contribution < 1.29 is 9.47 Å². The van der Waals surface area contributed by atoms with E-state index in [9.17, 15) is 0 Å². The maximum absolute atomic E-state index is 5.81. The monoisotopic (exact) mass is 365 g/mol. The van der Waals surface area contributed by atoms with Crippen LogP contribution in [-0.2, 0) is 6.61 Å². The molecule has 2 aromatic carbocycles. The minimum absolute atomic E-state index is 0.246. The van der Waals surface area contributed by atoms with Crippen molar-refractivity contribution in [1.82, 2.24) is 15.0 Å². The molecule has 7 nitrogen and oxygen atoms in total. The van der Waals surface area contributed by atoms with Gasteiger partial charge in [0.15, 0.2) is 0 Å². The SMILES string of the molecule is CN(C)c1nc(Oc2ccc(OCc3ccccc3)cc2)nc(N(C)C)n1. The molecule has 3 aromatic rings. The average molecular weight is 365 g/mol. The fourth-order valence-electron chi connectivity index (χ4n) is 2.23. The predicted octanol–water partition coefficient (Wildman–Crippen LogP) is 3.37. The summed E-state index contributed by atoms with van der Waals surface area (Å²) in [6.45, 7) is 0.521. The zero-order valence-electron chi connectivity index (χ0n) is 16.0. The first-order valence-electron chi connectivity index (χ1n) is 8.56. The summed E-state index contributed by atoms with van der Waals surface area (Å²) in [7, 11) is 7.49. The van der Waals surface area contributed by atoms with E-state index >= 15 is 0 Å². The van der Waals surface area contributed by atoms with E-state index in [4.69, 9.17) is 9.47 Å². The summed E-state index contributed by atoms with van der Waals surface area (Å²) < 4.78 is 11.6. The Kier molecular flexibility index (Phi) is 5.71. The van der Waals surface area contributed by atoms with E-state index in [1.165, 1.54) is 0 Å². The van der Waals surface area contributed by atoms with Gasteiger partial charge in [-0.15, -0.1) is 0 Å². The molecule has 0 saturated carbocycles. The molecule has 0 N–H and O–H groups in total. The molecule has 0 unspecified atom stereocenters. The van der Waals surface area contributed by atoms with Gasteiger partial charge in [0, 0.05) is 28.2 Å². The van der Waals surface area contributed by atoms with Gasteiger partial charge in [-0.3, -0.25) is 0 Å². The number of ether oxygens (including phenoxy) is 2. The largest absolute Gasteiger partial charge is 0.489 e. The smallest absolute Gasteiger partial charge is 0.328 e. The molecule has 0 fully saturated rings. The lowest BCUT2D eigenvalue weighted by Crippen LogP contribution is -2.19. The fourth-order valence-corrected chi connectivity index (χ4v) is 2.23. The van der Waals surface area contributed by atoms with E-state index in [2.05, 4.69) is 15.0 Å². The fraction of sp³-hybridized carbons (Fsp3) is 0.250. The Balaban J connectivity index is 1.69. The lowest BCUT2D eigenvalue weighted by Gasteiger charge is -2.16. The van der Waals surface area contributed by atoms with Gasteiger partial charge >= 0.3 is 6.01 Å². The summed E-state index contributed by atoms with van der Waals surface area (Å²) >= 11 is 0. The summed E-state index contributed by atoms with van der Waals surface area (Å²) in [5, 5.41) is 0. The Hall–Kier alpha value is -3.35. The summed E-state index contributed by atoms with van der Waals surface area (Å²) in [4.78, 5) is 16.7. The van der Waals surface area contributed by atoms with Crippen LogP contribution >= 0.6 is 0 Å². The number of anilines is 2. The molecule has 0 spiro atoms. The molecule has 0 aliphatic heterocycles. The van der Waals surface area contributed by atoms with E-state index in [1.807, 2.05) is 92.6 Å². The van der Waals surface area contributed by atoms with Crippen molar-refractivity contribution in [3.8, 4) is 17.5 Å². The van der Waals surface area contributed by atoms with E-state index in [-0.39, 0.29) is 6.01 Å². The summed E-state index contributed by atoms with van der Waals surface area (Å²) in [5.41, 5.74) is 1.12. The molecular formula is C20H23N5O2. The maximum atomic E-state index is 5.81. The number of hydrogen-bond acceptors (Lipinski definition) is 7. The van der Waals surface area contributed by atoms with Crippen LogP contribution in [0.15, 0.2) is 54.6 Å². The third kappa shape index (κ3) is 5.07. The van der Waals surface area contributed by atoms with Crippen LogP contribution in [0.5, 0.6) is 17.5 Å². The molecule has 0 saturated heterocycles. The van der Waals surface area contributed by atoms with Crippen LogP contribution in [0.25, 0.3) is 0 Å². The van der Waals surface area contributed by atoms with Crippen molar-refractivity contribution in [2.45, 2.75) is 6.61 Å². The molecule has 0 bridgehead atoms. The Morgan fingerprint density at radius 3 is 1.81 bits per heavy atom. The molecule has 0 aliphatic rings. The van der Waals surface area contributed by atoms with Crippen molar-refractivity contribution in [1.29, 1.82) is 0 Å². The Morgan fingerprint density at radius 1 is 0.704 bits per heavy atom. The molecule has 140 valence electrons. The van der Waals surface area contributed by atoms with Crippen molar-refractivity contribution >= 4 is 11.9 Å². The number of nitrogens with zero attached hydrogens (tertiary/aromatic N) is 5. The average Bonchev–Trinajstić information content (AvgIpc) is 2.68. The standard InChI is InChI=1S/C20H23N5O2/c1-24(2)18-21-19(25(3)4)23-20(22-18)27-17-12-10-16(11-13-17)26-14-15-8-6-5-7-9-15/h5-13H,14H2,1-4H3. The zero-order chi connectivity index (χ0) is 19.2. The van der Waals surface area contributed by atoms with E-state index in [1.54, 1.807) is 0 Å². The molecule has 1 heterocycles. The Bertz CT molecular complexity index is 841. The first kappa shape index (κ1) is 18.4. The third-order valence-corrected chi connectivity index (χ3v) is 3.67. The van der Waals surface area contributed by atoms with E-state index in [0.29, 0.717) is 24.3 Å². The summed E-state index contributed by atoms with van der Waals surface area (Å²) in [6, 6.07) is 17.7. The highest BCUT2D eigenvalue weighted by Crippen LogP contribution is 2.24. The zero-order valence-corrected chi connectivity index (χ0v) is 16.0. The third-order valence-electron chi connectivity index (χ3n) is 3.67. The molecule has 0 atom stereocenters. The van der Waals surface area contributed by atoms with E-state index < -0.39 is 0 Å². The van der Waals surface area contributed by atoms with Crippen LogP contribution in [0.4, 0.5) is 11.9 Å². The van der Waals surface area contributed by atoms with Gasteiger partial charge in [0.05, 0.1) is 0 Å². The lowest BCUT2D eigenvalue weighted by atomic mass is 10.2. The van der Waals surface area contributed by atoms with Gasteiger partial charge in [0.2, 0.25) is 11.9 Å². The molecule has 0 aliphatic carbocycles. The first-order chi connectivity index (χ1) is 13.0. The van der Waals surface area contributed by atoms with Crippen LogP contribution < -0.4 is 19.3 Å². The minimum Gasteiger partial charge on any atom is -0.489 e. The highest BCUT2D eigenvalue weighted by Gasteiger charge is 2.11. The van der Waals surface area contributed by atoms with Gasteiger partial charge in [-0.2, -0.15) is 15.0 Å². The summed E-state index contributed by atoms with van der Waals surface area (Å²) in [6.07, 6.45) is 0. The first-order valence-corrected chi connectivity index (χ1v) is 8.56. The van der Waals surface area contributed by atoms with Gasteiger partial charge in [0.25, 0.3) is 0 Å². The second kappa shape index (κ2) is 8.35. The van der Waals surface area contributed by atoms with Crippen LogP contribution in [0, 0.1) is 0 Å². The second-order valence-corrected chi connectivity index (χ2v) is 6.35. The van der Waals surface area contributed by atoms with Crippen molar-refractivity contribution in [3.63, 3.8) is 0 Å². The van der Waals surface area contributed by atoms with Gasteiger partial charge < -0.3 is 19.3 Å². The molecule has 27 heavy (non-hydrogen) atoms. The summed E-state index contributed by atoms with van der Waals surface area (Å²) in [5.74, 6) is 2.46. The van der Waals surface area contributed by atoms with Crippen LogP contribution in [-0.4, -0.2) is 43.1 Å². The van der Waals surface area contributed by atoms with E-state index in [0.717, 1.165) is 11.3 Å². The number of benzene rings is 2. The van der Waals surface area contributed by atoms with Crippen LogP contribution in [0.1, 0.15) is 5.56 Å². The predicted molar refractivity (Wildman–Crippen MR) is 106 cm³/mol. The lowest BCUT2D eigenvalue weighted by molar-refractivity contribution is 0.305.